The third kappa shape index (κ3) is 5.55. The van der Waals surface area contributed by atoms with Crippen LogP contribution in [0.5, 0.6) is 5.75 Å². The molecule has 0 heterocycles. The molecule has 7 heteroatoms. The number of nitro benzene ring substituents is 1. The molecule has 0 fully saturated rings. The largest absolute Gasteiger partial charge is 0.497 e. The van der Waals surface area contributed by atoms with E-state index in [0.29, 0.717) is 27.5 Å². The van der Waals surface area contributed by atoms with Gasteiger partial charge in [0.25, 0.3) is 5.69 Å². The minimum absolute atomic E-state index is 0.0907. The van der Waals surface area contributed by atoms with Crippen LogP contribution in [-0.2, 0) is 4.57 Å². The first-order valence-corrected chi connectivity index (χ1v) is 13.7. The first-order valence-electron chi connectivity index (χ1n) is 11.9. The zero-order valence-electron chi connectivity index (χ0n) is 21.0. The van der Waals surface area contributed by atoms with E-state index in [1.165, 1.54) is 12.1 Å². The van der Waals surface area contributed by atoms with Gasteiger partial charge in [-0.2, -0.15) is 0 Å². The van der Waals surface area contributed by atoms with Gasteiger partial charge < -0.3 is 9.30 Å². The van der Waals surface area contributed by atoms with Crippen molar-refractivity contribution in [3.8, 4) is 5.75 Å². The van der Waals surface area contributed by atoms with E-state index in [1.807, 2.05) is 62.4 Å². The summed E-state index contributed by atoms with van der Waals surface area (Å²) in [5.74, 6) is 0.412. The maximum absolute atomic E-state index is 15.3. The van der Waals surface area contributed by atoms with E-state index < -0.39 is 17.7 Å². The number of nitrogens with zero attached hydrogens (tertiary/aromatic N) is 1. The van der Waals surface area contributed by atoms with Crippen molar-refractivity contribution in [2.45, 2.75) is 25.9 Å². The highest BCUT2D eigenvalue weighted by molar-refractivity contribution is 7.79. The van der Waals surface area contributed by atoms with E-state index in [9.17, 15) is 14.9 Å². The monoisotopic (exact) mass is 513 g/mol. The number of Topliss-reactive ketones (excluding diaryl/α,β-unsaturated/α-hetero) is 1. The van der Waals surface area contributed by atoms with Crippen LogP contribution in [0.4, 0.5) is 5.69 Å². The molecule has 0 radical (unpaired) electrons. The van der Waals surface area contributed by atoms with Crippen molar-refractivity contribution in [1.29, 1.82) is 0 Å². The van der Waals surface area contributed by atoms with Crippen LogP contribution in [0.15, 0.2) is 97.1 Å². The van der Waals surface area contributed by atoms with Crippen LogP contribution in [-0.4, -0.2) is 17.8 Å². The van der Waals surface area contributed by atoms with Crippen LogP contribution in [0, 0.1) is 24.0 Å². The van der Waals surface area contributed by atoms with Gasteiger partial charge in [0.2, 0.25) is 0 Å². The minimum Gasteiger partial charge on any atom is -0.497 e. The van der Waals surface area contributed by atoms with Crippen molar-refractivity contribution in [3.63, 3.8) is 0 Å². The molecule has 6 nitrogen and oxygen atoms in total. The molecule has 188 valence electrons. The predicted molar refractivity (Wildman–Crippen MR) is 147 cm³/mol. The van der Waals surface area contributed by atoms with Gasteiger partial charge in [0.05, 0.1) is 17.7 Å². The molecule has 0 spiro atoms. The Balaban J connectivity index is 1.92. The number of benzene rings is 4. The second-order valence-electron chi connectivity index (χ2n) is 9.05. The molecule has 4 rings (SSSR count). The van der Waals surface area contributed by atoms with Gasteiger partial charge in [0, 0.05) is 34.7 Å². The van der Waals surface area contributed by atoms with Gasteiger partial charge in [0.15, 0.2) is 12.9 Å². The summed E-state index contributed by atoms with van der Waals surface area (Å²) in [5.41, 5.74) is 2.04. The number of methoxy groups -OCH3 is 1. The number of nitro groups is 1. The third-order valence-electron chi connectivity index (χ3n) is 6.53. The summed E-state index contributed by atoms with van der Waals surface area (Å²) in [6.07, 6.45) is -0.0907. The lowest BCUT2D eigenvalue weighted by atomic mass is 10.0. The molecule has 0 aliphatic heterocycles. The molecule has 0 N–H and O–H groups in total. The fourth-order valence-corrected chi connectivity index (χ4v) is 7.62. The van der Waals surface area contributed by atoms with E-state index in [4.69, 9.17) is 4.74 Å². The van der Waals surface area contributed by atoms with Gasteiger partial charge in [0.1, 0.15) is 5.75 Å². The number of hydrogen-bond donors (Lipinski definition) is 0. The lowest BCUT2D eigenvalue weighted by Gasteiger charge is -2.29. The first kappa shape index (κ1) is 26.1. The van der Waals surface area contributed by atoms with Crippen LogP contribution in [0.3, 0.4) is 0 Å². The van der Waals surface area contributed by atoms with Crippen molar-refractivity contribution in [2.75, 3.05) is 7.11 Å². The minimum atomic E-state index is -3.50. The van der Waals surface area contributed by atoms with Crippen molar-refractivity contribution in [2.24, 2.45) is 0 Å². The Hall–Kier alpha value is -4.02. The fourth-order valence-electron chi connectivity index (χ4n) is 4.41. The molecule has 0 amide bonds. The van der Waals surface area contributed by atoms with Gasteiger partial charge in [-0.15, -0.1) is 0 Å². The van der Waals surface area contributed by atoms with Crippen LogP contribution >= 0.6 is 7.14 Å². The van der Waals surface area contributed by atoms with Crippen LogP contribution in [0.2, 0.25) is 0 Å². The van der Waals surface area contributed by atoms with Crippen molar-refractivity contribution < 1.29 is 19.0 Å². The Morgan fingerprint density at radius 2 is 1.41 bits per heavy atom. The molecular weight excluding hydrogens is 485 g/mol. The fraction of sp³-hybridized carbons (Fsp3) is 0.167. The van der Waals surface area contributed by atoms with Gasteiger partial charge in [-0.05, 0) is 43.7 Å². The van der Waals surface area contributed by atoms with E-state index in [2.05, 4.69) is 0 Å². The van der Waals surface area contributed by atoms with Crippen molar-refractivity contribution in [1.82, 2.24) is 0 Å². The maximum Gasteiger partial charge on any atom is 0.269 e. The number of carbonyl (C=O) groups excluding carboxylic acids is 1. The molecule has 0 saturated heterocycles. The van der Waals surface area contributed by atoms with Crippen LogP contribution < -0.4 is 15.3 Å². The SMILES string of the molecule is COc1ccc(C(=O)CC(c2cccc([N+](=O)[O-])c2)P(=O)(c2ccc(C)cc2)c2ccc(C)cc2)cc1. The number of aryl methyl sites for hydroxylation is 2. The quantitative estimate of drug-likeness (QED) is 0.110. The van der Waals surface area contributed by atoms with Gasteiger partial charge >= 0.3 is 0 Å². The Labute approximate surface area is 216 Å². The second kappa shape index (κ2) is 10.9. The normalized spacial score (nSPS) is 12.1. The average molecular weight is 514 g/mol. The highest BCUT2D eigenvalue weighted by atomic mass is 31.2. The molecule has 0 aromatic heterocycles. The Bertz CT molecular complexity index is 1410. The van der Waals surface area contributed by atoms with E-state index in [0.717, 1.165) is 11.1 Å². The number of ether oxygens (including phenoxy) is 1. The Morgan fingerprint density at radius 1 is 0.865 bits per heavy atom. The molecule has 0 aliphatic carbocycles. The summed E-state index contributed by atoms with van der Waals surface area (Å²) in [6, 6.07) is 27.8. The second-order valence-corrected chi connectivity index (χ2v) is 12.0. The molecule has 1 unspecified atom stereocenters. The number of non-ortho nitro benzene ring substituents is 1. The summed E-state index contributed by atoms with van der Waals surface area (Å²) >= 11 is 0. The van der Waals surface area contributed by atoms with Crippen molar-refractivity contribution >= 4 is 29.2 Å². The van der Waals surface area contributed by atoms with Crippen LogP contribution in [0.25, 0.3) is 0 Å². The average Bonchev–Trinajstić information content (AvgIpc) is 2.92. The number of rotatable bonds is 9. The standard InChI is InChI=1S/C30H28NO5P/c1-21-7-15-27(16-8-21)37(35,28-17-9-22(2)10-18-28)30(24-5-4-6-25(19-24)31(33)34)20-29(32)23-11-13-26(36-3)14-12-23/h4-19,30H,20H2,1-3H3. The predicted octanol–water partition coefficient (Wildman–Crippen LogP) is 6.55. The Morgan fingerprint density at radius 3 is 1.89 bits per heavy atom. The van der Waals surface area contributed by atoms with Gasteiger partial charge in [-0.1, -0.05) is 71.8 Å². The molecular formula is C30H28NO5P. The highest BCUT2D eigenvalue weighted by Gasteiger charge is 2.39. The molecule has 0 saturated carbocycles. The summed E-state index contributed by atoms with van der Waals surface area (Å²) in [5, 5.41) is 12.8. The van der Waals surface area contributed by atoms with Gasteiger partial charge in [-0.25, -0.2) is 0 Å². The van der Waals surface area contributed by atoms with Gasteiger partial charge in [-0.3, -0.25) is 14.9 Å². The first-order chi connectivity index (χ1) is 17.7. The smallest absolute Gasteiger partial charge is 0.269 e. The molecule has 37 heavy (non-hydrogen) atoms. The number of carbonyl (C=O) groups is 1. The van der Waals surface area contributed by atoms with E-state index >= 15 is 4.57 Å². The number of hydrogen-bond acceptors (Lipinski definition) is 5. The van der Waals surface area contributed by atoms with Crippen LogP contribution in [0.1, 0.15) is 39.1 Å². The third-order valence-corrected chi connectivity index (χ3v) is 10.0. The summed E-state index contributed by atoms with van der Waals surface area (Å²) in [4.78, 5) is 24.7. The Kier molecular flexibility index (Phi) is 7.70. The van der Waals surface area contributed by atoms with Crippen molar-refractivity contribution in [3.05, 3.63) is 129 Å². The highest BCUT2D eigenvalue weighted by Crippen LogP contribution is 2.59. The molecule has 1 atom stereocenters. The van der Waals surface area contributed by atoms with E-state index in [-0.39, 0.29) is 17.9 Å². The topological polar surface area (TPSA) is 86.5 Å². The number of ketones is 1. The molecule has 4 aromatic rings. The molecule has 0 bridgehead atoms. The lowest BCUT2D eigenvalue weighted by molar-refractivity contribution is -0.384. The zero-order chi connectivity index (χ0) is 26.6. The zero-order valence-corrected chi connectivity index (χ0v) is 21.9. The molecule has 0 aliphatic rings. The summed E-state index contributed by atoms with van der Waals surface area (Å²) in [7, 11) is -1.95. The maximum atomic E-state index is 15.3. The summed E-state index contributed by atoms with van der Waals surface area (Å²) < 4.78 is 20.6. The summed E-state index contributed by atoms with van der Waals surface area (Å²) in [6.45, 7) is 3.90. The lowest BCUT2D eigenvalue weighted by Crippen LogP contribution is -2.23. The van der Waals surface area contributed by atoms with E-state index in [1.54, 1.807) is 43.5 Å². The molecule has 4 aromatic carbocycles.